The monoisotopic (exact) mass is 322 g/mol. The first-order chi connectivity index (χ1) is 10.9. The molecule has 2 aliphatic rings. The zero-order valence-corrected chi connectivity index (χ0v) is 14.5. The van der Waals surface area contributed by atoms with Gasteiger partial charge in [-0.1, -0.05) is 36.9 Å². The number of nitrogens with zero attached hydrogens (tertiary/aromatic N) is 1. The van der Waals surface area contributed by atoms with E-state index in [1.165, 1.54) is 15.2 Å². The molecule has 0 bridgehead atoms. The Labute approximate surface area is 141 Å². The Morgan fingerprint density at radius 1 is 1.30 bits per heavy atom. The number of fused-ring (bicyclic) bond motifs is 2. The number of hydrogen-bond donors (Lipinski definition) is 1. The SMILES string of the molecule is Bc1ccc([C@@]2(C)NC(=C)N(C)C(=O)C23Cc2ccccc23)s1. The molecule has 4 rings (SSSR count). The smallest absolute Gasteiger partial charge is 0.241 e. The summed E-state index contributed by atoms with van der Waals surface area (Å²) in [5, 5.41) is 3.56. The van der Waals surface area contributed by atoms with E-state index in [1.807, 2.05) is 12.1 Å². The average Bonchev–Trinajstić information content (AvgIpc) is 2.93. The Bertz CT molecular complexity index is 845. The second kappa shape index (κ2) is 4.51. The largest absolute Gasteiger partial charge is 0.360 e. The normalized spacial score (nSPS) is 29.2. The molecule has 1 aromatic heterocycles. The van der Waals surface area contributed by atoms with Crippen LogP contribution in [0, 0.1) is 0 Å². The minimum Gasteiger partial charge on any atom is -0.360 e. The van der Waals surface area contributed by atoms with Gasteiger partial charge in [0, 0.05) is 11.9 Å². The topological polar surface area (TPSA) is 32.3 Å². The Morgan fingerprint density at radius 3 is 2.70 bits per heavy atom. The highest BCUT2D eigenvalue weighted by Crippen LogP contribution is 2.56. The van der Waals surface area contributed by atoms with Gasteiger partial charge in [-0.2, -0.15) is 11.3 Å². The first-order valence-corrected chi connectivity index (χ1v) is 8.62. The Kier molecular flexibility index (Phi) is 2.86. The van der Waals surface area contributed by atoms with Crippen LogP contribution in [0.4, 0.5) is 0 Å². The van der Waals surface area contributed by atoms with Gasteiger partial charge in [0.2, 0.25) is 5.91 Å². The molecule has 2 atom stereocenters. The number of likely N-dealkylation sites (N-methyl/N-ethyl adjacent to an activating group) is 1. The predicted molar refractivity (Wildman–Crippen MR) is 96.7 cm³/mol. The molecule has 1 spiro atoms. The summed E-state index contributed by atoms with van der Waals surface area (Å²) in [4.78, 5) is 16.2. The molecule has 1 unspecified atom stereocenters. The lowest BCUT2D eigenvalue weighted by molar-refractivity contribution is -0.143. The van der Waals surface area contributed by atoms with E-state index in [2.05, 4.69) is 50.9 Å². The van der Waals surface area contributed by atoms with Gasteiger partial charge >= 0.3 is 0 Å². The number of hydrogen-bond acceptors (Lipinski definition) is 3. The van der Waals surface area contributed by atoms with E-state index in [4.69, 9.17) is 0 Å². The van der Waals surface area contributed by atoms with Crippen LogP contribution in [0.25, 0.3) is 0 Å². The number of amides is 1. The van der Waals surface area contributed by atoms with Gasteiger partial charge in [-0.05, 0) is 35.3 Å². The number of nitrogens with one attached hydrogen (secondary N) is 1. The minimum absolute atomic E-state index is 0.133. The second-order valence-electron chi connectivity index (χ2n) is 6.71. The van der Waals surface area contributed by atoms with Crippen molar-refractivity contribution in [1.82, 2.24) is 10.2 Å². The molecule has 2 heterocycles. The molecule has 1 aliphatic carbocycles. The Morgan fingerprint density at radius 2 is 2.04 bits per heavy atom. The maximum Gasteiger partial charge on any atom is 0.241 e. The van der Waals surface area contributed by atoms with Crippen LogP contribution in [0.2, 0.25) is 0 Å². The van der Waals surface area contributed by atoms with Gasteiger partial charge in [0.15, 0.2) is 7.85 Å². The van der Waals surface area contributed by atoms with E-state index in [1.54, 1.807) is 23.3 Å². The lowest BCUT2D eigenvalue weighted by atomic mass is 9.52. The number of carbonyl (C=O) groups excluding carboxylic acids is 1. The summed E-state index contributed by atoms with van der Waals surface area (Å²) >= 11 is 1.75. The fraction of sp³-hybridized carbons (Fsp3) is 0.278. The number of rotatable bonds is 1. The van der Waals surface area contributed by atoms with Gasteiger partial charge in [-0.15, -0.1) is 0 Å². The quantitative estimate of drug-likeness (QED) is 0.802. The molecule has 2 aromatic rings. The summed E-state index contributed by atoms with van der Waals surface area (Å²) < 4.78 is 1.25. The van der Waals surface area contributed by atoms with E-state index < -0.39 is 11.0 Å². The van der Waals surface area contributed by atoms with Crippen molar-refractivity contribution in [3.63, 3.8) is 0 Å². The van der Waals surface area contributed by atoms with E-state index in [9.17, 15) is 4.79 Å². The highest BCUT2D eigenvalue weighted by Gasteiger charge is 2.65. The van der Waals surface area contributed by atoms with Gasteiger partial charge < -0.3 is 10.2 Å². The van der Waals surface area contributed by atoms with Gasteiger partial charge in [-0.25, -0.2) is 0 Å². The maximum absolute atomic E-state index is 13.3. The van der Waals surface area contributed by atoms with Crippen LogP contribution in [0.5, 0.6) is 0 Å². The Balaban J connectivity index is 1.96. The fourth-order valence-corrected chi connectivity index (χ4v) is 5.13. The van der Waals surface area contributed by atoms with Crippen LogP contribution >= 0.6 is 11.3 Å². The Hall–Kier alpha value is -2.01. The minimum atomic E-state index is -0.559. The average molecular weight is 322 g/mol. The molecule has 1 amide bonds. The molecular formula is C18H19BN2OS. The van der Waals surface area contributed by atoms with Gasteiger partial charge in [-0.3, -0.25) is 4.79 Å². The fourth-order valence-electron chi connectivity index (χ4n) is 4.08. The first-order valence-electron chi connectivity index (χ1n) is 7.81. The number of benzene rings is 1. The third-order valence-corrected chi connectivity index (χ3v) is 6.71. The molecule has 1 aliphatic heterocycles. The summed E-state index contributed by atoms with van der Waals surface area (Å²) in [7, 11) is 3.91. The first kappa shape index (κ1) is 14.6. The van der Waals surface area contributed by atoms with Gasteiger partial charge in [0.25, 0.3) is 0 Å². The van der Waals surface area contributed by atoms with Gasteiger partial charge in [0.05, 0.1) is 5.54 Å². The van der Waals surface area contributed by atoms with Crippen molar-refractivity contribution in [2.45, 2.75) is 24.3 Å². The van der Waals surface area contributed by atoms with Crippen molar-refractivity contribution in [3.8, 4) is 0 Å². The van der Waals surface area contributed by atoms with Crippen molar-refractivity contribution < 1.29 is 4.79 Å². The molecule has 5 heteroatoms. The lowest BCUT2D eigenvalue weighted by Gasteiger charge is -2.59. The number of thiophene rings is 1. The highest BCUT2D eigenvalue weighted by atomic mass is 32.1. The molecular weight excluding hydrogens is 303 g/mol. The van der Waals surface area contributed by atoms with E-state index in [0.29, 0.717) is 5.82 Å². The van der Waals surface area contributed by atoms with Crippen molar-refractivity contribution in [2.24, 2.45) is 0 Å². The molecule has 1 N–H and O–H groups in total. The summed E-state index contributed by atoms with van der Waals surface area (Å²) in [6.45, 7) is 6.20. The summed E-state index contributed by atoms with van der Waals surface area (Å²) in [5.74, 6) is 0.798. The maximum atomic E-state index is 13.3. The molecule has 0 radical (unpaired) electrons. The zero-order chi connectivity index (χ0) is 16.4. The van der Waals surface area contributed by atoms with Crippen molar-refractivity contribution in [2.75, 3.05) is 7.05 Å². The molecule has 116 valence electrons. The highest BCUT2D eigenvalue weighted by molar-refractivity contribution is 7.20. The van der Waals surface area contributed by atoms with E-state index in [0.717, 1.165) is 12.0 Å². The van der Waals surface area contributed by atoms with E-state index >= 15 is 0 Å². The van der Waals surface area contributed by atoms with E-state index in [-0.39, 0.29) is 5.91 Å². The number of carbonyl (C=O) groups is 1. The predicted octanol–water partition coefficient (Wildman–Crippen LogP) is 1.25. The van der Waals surface area contributed by atoms with Crippen molar-refractivity contribution >= 4 is 29.9 Å². The van der Waals surface area contributed by atoms with Crippen LogP contribution in [0.3, 0.4) is 0 Å². The summed E-state index contributed by atoms with van der Waals surface area (Å²) in [5.41, 5.74) is 1.38. The van der Waals surface area contributed by atoms with Crippen molar-refractivity contribution in [1.29, 1.82) is 0 Å². The van der Waals surface area contributed by atoms with Crippen LogP contribution in [0.15, 0.2) is 48.8 Å². The second-order valence-corrected chi connectivity index (χ2v) is 8.00. The molecule has 0 saturated carbocycles. The third-order valence-electron chi connectivity index (χ3n) is 5.49. The summed E-state index contributed by atoms with van der Waals surface area (Å²) in [6.07, 6.45) is 0.764. The zero-order valence-electron chi connectivity index (χ0n) is 13.6. The lowest BCUT2D eigenvalue weighted by Crippen LogP contribution is -2.72. The molecule has 3 nitrogen and oxygen atoms in total. The molecule has 1 saturated heterocycles. The van der Waals surface area contributed by atoms with Crippen LogP contribution in [0.1, 0.15) is 22.9 Å². The molecule has 23 heavy (non-hydrogen) atoms. The standard InChI is InChI=1S/C18H19BN2OS/c1-11-20-17(2,14-8-9-15(19)23-14)18(16(22)21(11)3)10-12-6-4-5-7-13(12)18/h4-9,20H,1,10,19H2,2-3H3/t17-,18?/m1/s1. The third kappa shape index (κ3) is 1.63. The molecule has 1 aromatic carbocycles. The molecule has 1 fully saturated rings. The van der Waals surface area contributed by atoms with Crippen molar-refractivity contribution in [3.05, 3.63) is 64.8 Å². The van der Waals surface area contributed by atoms with Gasteiger partial charge in [0.1, 0.15) is 11.2 Å². The van der Waals surface area contributed by atoms with Crippen LogP contribution in [-0.4, -0.2) is 25.7 Å². The van der Waals surface area contributed by atoms with Crippen LogP contribution < -0.4 is 10.1 Å². The summed E-state index contributed by atoms with van der Waals surface area (Å²) in [6, 6.07) is 12.5. The van der Waals surface area contributed by atoms with Crippen LogP contribution in [-0.2, 0) is 22.2 Å².